The third-order valence-electron chi connectivity index (χ3n) is 1.56. The van der Waals surface area contributed by atoms with Crippen LogP contribution in [0.4, 0.5) is 0 Å². The van der Waals surface area contributed by atoms with E-state index in [9.17, 15) is 0 Å². The molecule has 0 bridgehead atoms. The van der Waals surface area contributed by atoms with Crippen molar-refractivity contribution in [2.24, 2.45) is 3.15 Å². The van der Waals surface area contributed by atoms with Crippen molar-refractivity contribution in [3.05, 3.63) is 46.4 Å². The predicted octanol–water partition coefficient (Wildman–Crippen LogP) is 3.10. The van der Waals surface area contributed by atoms with E-state index in [-0.39, 0.29) is 21.0 Å². The van der Waals surface area contributed by atoms with E-state index in [4.69, 9.17) is 0 Å². The number of pyridine rings is 1. The summed E-state index contributed by atoms with van der Waals surface area (Å²) < 4.78 is 6.44. The standard InChI is InChI=1S/C9H7IN2/c1-4-10-12-7-9(1)8-2-5-11-6-3-8/h1-7H. The summed E-state index contributed by atoms with van der Waals surface area (Å²) in [5.41, 5.74) is 2.37. The van der Waals surface area contributed by atoms with Gasteiger partial charge in [-0.15, -0.1) is 0 Å². The number of nitrogens with zero attached hydrogens (tertiary/aromatic N) is 2. The van der Waals surface area contributed by atoms with E-state index >= 15 is 0 Å². The summed E-state index contributed by atoms with van der Waals surface area (Å²) in [6.07, 6.45) is 7.68. The van der Waals surface area contributed by atoms with Gasteiger partial charge >= 0.3 is 0 Å². The molecule has 12 heavy (non-hydrogen) atoms. The molecule has 3 heteroatoms. The van der Waals surface area contributed by atoms with Gasteiger partial charge in [0.25, 0.3) is 0 Å². The second kappa shape index (κ2) is 3.71. The van der Waals surface area contributed by atoms with Crippen LogP contribution in [0.25, 0.3) is 5.57 Å². The molecule has 1 aromatic rings. The van der Waals surface area contributed by atoms with Gasteiger partial charge in [-0.2, -0.15) is 0 Å². The molecule has 0 aliphatic carbocycles. The van der Waals surface area contributed by atoms with Crippen LogP contribution >= 0.6 is 21.0 Å². The number of rotatable bonds is 1. The number of aromatic nitrogens is 1. The SMILES string of the molecule is C1=CC(c2ccncc2)=CN=I1. The minimum Gasteiger partial charge on any atom is -0.265 e. The fourth-order valence-electron chi connectivity index (χ4n) is 0.967. The first-order chi connectivity index (χ1) is 5.97. The predicted molar refractivity (Wildman–Crippen MR) is 57.8 cm³/mol. The lowest BCUT2D eigenvalue weighted by Gasteiger charge is -2.00. The van der Waals surface area contributed by atoms with E-state index < -0.39 is 0 Å². The molecule has 0 N–H and O–H groups in total. The van der Waals surface area contributed by atoms with Crippen molar-refractivity contribution in [1.82, 2.24) is 4.98 Å². The molecule has 1 aliphatic heterocycles. The average Bonchev–Trinajstić information content (AvgIpc) is 2.21. The molecule has 0 saturated heterocycles. The highest BCUT2D eigenvalue weighted by Crippen LogP contribution is 2.22. The van der Waals surface area contributed by atoms with Crippen LogP contribution < -0.4 is 0 Å². The molecule has 1 aromatic heterocycles. The van der Waals surface area contributed by atoms with E-state index in [1.807, 2.05) is 18.3 Å². The van der Waals surface area contributed by atoms with Gasteiger partial charge in [0.15, 0.2) is 0 Å². The van der Waals surface area contributed by atoms with Crippen molar-refractivity contribution >= 4 is 26.6 Å². The Hall–Kier alpha value is -0.840. The molecule has 0 aromatic carbocycles. The second-order valence-corrected chi connectivity index (χ2v) is 4.14. The largest absolute Gasteiger partial charge is 0.265 e. The van der Waals surface area contributed by atoms with Gasteiger partial charge in [0, 0.05) is 45.2 Å². The first-order valence-corrected chi connectivity index (χ1v) is 5.78. The Morgan fingerprint density at radius 1 is 1.17 bits per heavy atom. The Balaban J connectivity index is 2.38. The molecule has 2 nitrogen and oxygen atoms in total. The fraction of sp³-hybridized carbons (Fsp3) is 0. The van der Waals surface area contributed by atoms with Crippen molar-refractivity contribution in [1.29, 1.82) is 0 Å². The first-order valence-electron chi connectivity index (χ1n) is 3.57. The Morgan fingerprint density at radius 3 is 2.67 bits per heavy atom. The molecular weight excluding hydrogens is 263 g/mol. The number of allylic oxidation sites excluding steroid dienone is 2. The monoisotopic (exact) mass is 270 g/mol. The minimum absolute atomic E-state index is 0.0520. The smallest absolute Gasteiger partial charge is 0.0408 e. The third kappa shape index (κ3) is 1.66. The van der Waals surface area contributed by atoms with Crippen molar-refractivity contribution in [3.8, 4) is 0 Å². The van der Waals surface area contributed by atoms with Gasteiger partial charge in [-0.25, -0.2) is 3.15 Å². The molecule has 0 spiro atoms. The van der Waals surface area contributed by atoms with Gasteiger partial charge in [-0.05, 0) is 27.9 Å². The van der Waals surface area contributed by atoms with Gasteiger partial charge in [0.2, 0.25) is 0 Å². The van der Waals surface area contributed by atoms with E-state index in [0.717, 1.165) is 0 Å². The summed E-state index contributed by atoms with van der Waals surface area (Å²) in [5.74, 6) is 0. The summed E-state index contributed by atoms with van der Waals surface area (Å²) in [6.45, 7) is 0. The zero-order chi connectivity index (χ0) is 8.23. The summed E-state index contributed by atoms with van der Waals surface area (Å²) in [7, 11) is 0. The van der Waals surface area contributed by atoms with Gasteiger partial charge in [0.1, 0.15) is 0 Å². The molecule has 2 heterocycles. The summed E-state index contributed by atoms with van der Waals surface area (Å²) in [6, 6.07) is 3.99. The van der Waals surface area contributed by atoms with Crippen LogP contribution in [0.3, 0.4) is 0 Å². The van der Waals surface area contributed by atoms with Crippen LogP contribution in [0.2, 0.25) is 0 Å². The van der Waals surface area contributed by atoms with Gasteiger partial charge in [-0.3, -0.25) is 4.98 Å². The van der Waals surface area contributed by atoms with Crippen molar-refractivity contribution in [2.45, 2.75) is 0 Å². The quantitative estimate of drug-likeness (QED) is 0.720. The Kier molecular flexibility index (Phi) is 2.41. The molecule has 60 valence electrons. The maximum Gasteiger partial charge on any atom is 0.0408 e. The summed E-state index contributed by atoms with van der Waals surface area (Å²) in [4.78, 5) is 3.97. The highest BCUT2D eigenvalue weighted by Gasteiger charge is 1.97. The molecule has 0 unspecified atom stereocenters. The third-order valence-corrected chi connectivity index (χ3v) is 2.84. The first kappa shape index (κ1) is 7.79. The van der Waals surface area contributed by atoms with E-state index in [1.54, 1.807) is 12.4 Å². The maximum atomic E-state index is 4.28. The van der Waals surface area contributed by atoms with Crippen LogP contribution in [0, 0.1) is 0 Å². The van der Waals surface area contributed by atoms with Crippen LogP contribution in [-0.4, -0.2) is 4.98 Å². The number of halogens is 1. The van der Waals surface area contributed by atoms with Gasteiger partial charge in [0.05, 0.1) is 0 Å². The Morgan fingerprint density at radius 2 is 2.00 bits per heavy atom. The zero-order valence-corrected chi connectivity index (χ0v) is 8.47. The topological polar surface area (TPSA) is 25.2 Å². The molecule has 0 fully saturated rings. The van der Waals surface area contributed by atoms with Crippen LogP contribution in [0.5, 0.6) is 0 Å². The number of hydrogen-bond acceptors (Lipinski definition) is 2. The molecule has 0 saturated carbocycles. The van der Waals surface area contributed by atoms with Crippen LogP contribution in [0.1, 0.15) is 5.56 Å². The van der Waals surface area contributed by atoms with Crippen molar-refractivity contribution in [3.63, 3.8) is 0 Å². The highest BCUT2D eigenvalue weighted by molar-refractivity contribution is 14.2. The van der Waals surface area contributed by atoms with E-state index in [1.165, 1.54) is 11.1 Å². The minimum atomic E-state index is -0.0520. The lowest BCUT2D eigenvalue weighted by molar-refractivity contribution is 1.32. The molecule has 1 aliphatic rings. The number of hydrogen-bond donors (Lipinski definition) is 0. The normalized spacial score (nSPS) is 15.2. The van der Waals surface area contributed by atoms with Crippen molar-refractivity contribution < 1.29 is 0 Å². The Labute approximate surface area is 81.2 Å². The zero-order valence-electron chi connectivity index (χ0n) is 6.31. The van der Waals surface area contributed by atoms with Gasteiger partial charge < -0.3 is 0 Å². The van der Waals surface area contributed by atoms with Crippen LogP contribution in [0.15, 0.2) is 44.0 Å². The lowest BCUT2D eigenvalue weighted by Crippen LogP contribution is -1.80. The Bertz CT molecular complexity index is 352. The summed E-state index contributed by atoms with van der Waals surface area (Å²) >= 11 is -0.0520. The molecule has 2 rings (SSSR count). The lowest BCUT2D eigenvalue weighted by atomic mass is 10.1. The molecule has 0 radical (unpaired) electrons. The van der Waals surface area contributed by atoms with E-state index in [0.29, 0.717) is 0 Å². The van der Waals surface area contributed by atoms with Crippen LogP contribution in [-0.2, 0) is 0 Å². The second-order valence-electron chi connectivity index (χ2n) is 2.31. The highest BCUT2D eigenvalue weighted by atomic mass is 127. The fourth-order valence-corrected chi connectivity index (χ4v) is 2.16. The average molecular weight is 270 g/mol. The maximum absolute atomic E-state index is 4.28. The van der Waals surface area contributed by atoms with Gasteiger partial charge in [-0.1, -0.05) is 0 Å². The molecule has 0 amide bonds. The van der Waals surface area contributed by atoms with E-state index in [2.05, 4.69) is 18.3 Å². The van der Waals surface area contributed by atoms with Crippen molar-refractivity contribution in [2.75, 3.05) is 0 Å². The summed E-state index contributed by atoms with van der Waals surface area (Å²) in [5, 5.41) is 0. The molecule has 0 atom stereocenters. The molecular formula is C9H7IN2.